The lowest BCUT2D eigenvalue weighted by Crippen LogP contribution is -2.50. The molecule has 1 heterocycles. The summed E-state index contributed by atoms with van der Waals surface area (Å²) in [5.74, 6) is 1.68. The maximum Gasteiger partial charge on any atom is 0.226 e. The van der Waals surface area contributed by atoms with Crippen molar-refractivity contribution in [3.05, 3.63) is 46.0 Å². The monoisotopic (exact) mass is 405 g/mol. The Morgan fingerprint density at radius 2 is 2.20 bits per heavy atom. The van der Waals surface area contributed by atoms with E-state index in [9.17, 15) is 4.79 Å². The van der Waals surface area contributed by atoms with Crippen LogP contribution in [-0.2, 0) is 16.8 Å². The zero-order chi connectivity index (χ0) is 17.9. The number of aromatic nitrogens is 2. The Morgan fingerprint density at radius 1 is 1.40 bits per heavy atom. The molecule has 0 bridgehead atoms. The van der Waals surface area contributed by atoms with Gasteiger partial charge in [0, 0.05) is 23.2 Å². The van der Waals surface area contributed by atoms with Crippen LogP contribution in [0.5, 0.6) is 0 Å². The number of halogens is 1. The van der Waals surface area contributed by atoms with E-state index in [1.807, 2.05) is 26.0 Å². The van der Waals surface area contributed by atoms with Crippen LogP contribution in [0.1, 0.15) is 69.1 Å². The van der Waals surface area contributed by atoms with E-state index in [0.29, 0.717) is 25.2 Å². The summed E-state index contributed by atoms with van der Waals surface area (Å²) in [7, 11) is 0. The lowest BCUT2D eigenvalue weighted by Gasteiger charge is -2.43. The fraction of sp³-hybridized carbons (Fsp3) is 0.526. The molecule has 3 rings (SSSR count). The summed E-state index contributed by atoms with van der Waals surface area (Å²) in [5.41, 5.74) is 0.982. The Hall–Kier alpha value is -1.69. The van der Waals surface area contributed by atoms with Crippen molar-refractivity contribution in [3.63, 3.8) is 0 Å². The Bertz CT molecular complexity index is 738. The van der Waals surface area contributed by atoms with Crippen molar-refractivity contribution in [2.75, 3.05) is 0 Å². The third kappa shape index (κ3) is 4.29. The summed E-state index contributed by atoms with van der Waals surface area (Å²) < 4.78 is 6.27. The van der Waals surface area contributed by atoms with Gasteiger partial charge in [-0.3, -0.25) is 4.79 Å². The summed E-state index contributed by atoms with van der Waals surface area (Å²) in [4.78, 5) is 16.8. The third-order valence-corrected chi connectivity index (χ3v) is 5.25. The van der Waals surface area contributed by atoms with Gasteiger partial charge < -0.3 is 9.84 Å². The van der Waals surface area contributed by atoms with Gasteiger partial charge in [-0.25, -0.2) is 0 Å². The highest BCUT2D eigenvalue weighted by Crippen LogP contribution is 2.42. The van der Waals surface area contributed by atoms with E-state index >= 15 is 0 Å². The van der Waals surface area contributed by atoms with E-state index in [4.69, 9.17) is 4.52 Å². The topological polar surface area (TPSA) is 68.0 Å². The quantitative estimate of drug-likeness (QED) is 0.737. The van der Waals surface area contributed by atoms with Gasteiger partial charge in [0.05, 0.1) is 5.54 Å². The lowest BCUT2D eigenvalue weighted by atomic mass is 9.71. The standard InChI is InChI=1S/C19H24BrN3O2/c1-13(2)18-21-17(25-23-18)9-4-8-16(24)22-19(10-5-11-19)14-6-3-7-15(20)12-14/h3,6-7,12-13H,4-5,8-11H2,1-2H3,(H,22,24). The molecular formula is C19H24BrN3O2. The highest BCUT2D eigenvalue weighted by Gasteiger charge is 2.39. The molecule has 0 radical (unpaired) electrons. The SMILES string of the molecule is CC(C)c1noc(CCCC(=O)NC2(c3cccc(Br)c3)CCC2)n1. The van der Waals surface area contributed by atoms with Crippen LogP contribution in [-0.4, -0.2) is 16.0 Å². The Labute approximate surface area is 156 Å². The molecule has 6 heteroatoms. The van der Waals surface area contributed by atoms with Gasteiger partial charge in [0.15, 0.2) is 5.82 Å². The van der Waals surface area contributed by atoms with Gasteiger partial charge in [-0.1, -0.05) is 47.1 Å². The molecule has 1 saturated carbocycles. The molecule has 0 aliphatic heterocycles. The molecule has 1 N–H and O–H groups in total. The summed E-state index contributed by atoms with van der Waals surface area (Å²) >= 11 is 3.52. The van der Waals surface area contributed by atoms with E-state index in [-0.39, 0.29) is 17.4 Å². The summed E-state index contributed by atoms with van der Waals surface area (Å²) in [6.07, 6.45) is 4.95. The van der Waals surface area contributed by atoms with Crippen LogP contribution in [0.2, 0.25) is 0 Å². The first-order valence-corrected chi connectivity index (χ1v) is 9.67. The predicted molar refractivity (Wildman–Crippen MR) is 99.1 cm³/mol. The maximum atomic E-state index is 12.4. The van der Waals surface area contributed by atoms with Crippen LogP contribution in [0.25, 0.3) is 0 Å². The average molecular weight is 406 g/mol. The van der Waals surface area contributed by atoms with Crippen LogP contribution in [0.3, 0.4) is 0 Å². The van der Waals surface area contributed by atoms with Crippen molar-refractivity contribution in [1.29, 1.82) is 0 Å². The minimum absolute atomic E-state index is 0.0864. The average Bonchev–Trinajstić information content (AvgIpc) is 3.00. The molecule has 25 heavy (non-hydrogen) atoms. The first-order valence-electron chi connectivity index (χ1n) is 8.88. The van der Waals surface area contributed by atoms with Gasteiger partial charge in [-0.15, -0.1) is 0 Å². The summed E-state index contributed by atoms with van der Waals surface area (Å²) in [5, 5.41) is 7.21. The molecule has 1 amide bonds. The molecule has 0 spiro atoms. The lowest BCUT2D eigenvalue weighted by molar-refractivity contribution is -0.124. The number of amides is 1. The Morgan fingerprint density at radius 3 is 2.80 bits per heavy atom. The summed E-state index contributed by atoms with van der Waals surface area (Å²) in [6.45, 7) is 4.06. The highest BCUT2D eigenvalue weighted by atomic mass is 79.9. The number of hydrogen-bond donors (Lipinski definition) is 1. The van der Waals surface area contributed by atoms with Gasteiger partial charge >= 0.3 is 0 Å². The Kier molecular flexibility index (Phi) is 5.57. The largest absolute Gasteiger partial charge is 0.347 e. The second-order valence-electron chi connectivity index (χ2n) is 7.05. The van der Waals surface area contributed by atoms with Crippen molar-refractivity contribution >= 4 is 21.8 Å². The zero-order valence-electron chi connectivity index (χ0n) is 14.7. The van der Waals surface area contributed by atoms with Gasteiger partial charge in [0.2, 0.25) is 11.8 Å². The first-order chi connectivity index (χ1) is 12.0. The van der Waals surface area contributed by atoms with E-state index < -0.39 is 0 Å². The number of nitrogens with one attached hydrogen (secondary N) is 1. The number of nitrogens with zero attached hydrogens (tertiary/aromatic N) is 2. The molecule has 1 fully saturated rings. The number of rotatable bonds is 7. The van der Waals surface area contributed by atoms with Crippen LogP contribution < -0.4 is 5.32 Å². The minimum atomic E-state index is -0.198. The number of aryl methyl sites for hydroxylation is 1. The normalized spacial score (nSPS) is 15.8. The molecule has 1 aromatic heterocycles. The molecular weight excluding hydrogens is 382 g/mol. The molecule has 1 aromatic carbocycles. The van der Waals surface area contributed by atoms with Gasteiger partial charge in [-0.05, 0) is 43.4 Å². The molecule has 1 aliphatic rings. The van der Waals surface area contributed by atoms with Crippen LogP contribution in [0.15, 0.2) is 33.3 Å². The molecule has 0 unspecified atom stereocenters. The first kappa shape index (κ1) is 18.1. The van der Waals surface area contributed by atoms with Crippen LogP contribution in [0.4, 0.5) is 0 Å². The van der Waals surface area contributed by atoms with Crippen LogP contribution >= 0.6 is 15.9 Å². The fourth-order valence-corrected chi connectivity index (χ4v) is 3.54. The third-order valence-electron chi connectivity index (χ3n) is 4.76. The van der Waals surface area contributed by atoms with Crippen molar-refractivity contribution in [1.82, 2.24) is 15.5 Å². The van der Waals surface area contributed by atoms with Crippen molar-refractivity contribution in [3.8, 4) is 0 Å². The number of hydrogen-bond acceptors (Lipinski definition) is 4. The van der Waals surface area contributed by atoms with E-state index in [0.717, 1.165) is 29.6 Å². The minimum Gasteiger partial charge on any atom is -0.347 e. The highest BCUT2D eigenvalue weighted by molar-refractivity contribution is 9.10. The van der Waals surface area contributed by atoms with Crippen LogP contribution in [0, 0.1) is 0 Å². The fourth-order valence-electron chi connectivity index (χ4n) is 3.14. The molecule has 0 saturated heterocycles. The number of benzene rings is 1. The van der Waals surface area contributed by atoms with Crippen molar-refractivity contribution in [2.45, 2.75) is 63.8 Å². The second-order valence-corrected chi connectivity index (χ2v) is 7.96. The smallest absolute Gasteiger partial charge is 0.226 e. The molecule has 2 aromatic rings. The zero-order valence-corrected chi connectivity index (χ0v) is 16.3. The van der Waals surface area contributed by atoms with Crippen molar-refractivity contribution < 1.29 is 9.32 Å². The molecule has 134 valence electrons. The van der Waals surface area contributed by atoms with E-state index in [1.54, 1.807) is 0 Å². The molecule has 5 nitrogen and oxygen atoms in total. The molecule has 1 aliphatic carbocycles. The van der Waals surface area contributed by atoms with Gasteiger partial charge in [-0.2, -0.15) is 4.98 Å². The summed E-state index contributed by atoms with van der Waals surface area (Å²) in [6, 6.07) is 8.22. The predicted octanol–water partition coefficient (Wildman–Crippen LogP) is 4.47. The van der Waals surface area contributed by atoms with Gasteiger partial charge in [0.25, 0.3) is 0 Å². The number of carbonyl (C=O) groups excluding carboxylic acids is 1. The van der Waals surface area contributed by atoms with E-state index in [1.165, 1.54) is 5.56 Å². The maximum absolute atomic E-state index is 12.4. The van der Waals surface area contributed by atoms with E-state index in [2.05, 4.69) is 43.5 Å². The van der Waals surface area contributed by atoms with Crippen molar-refractivity contribution in [2.24, 2.45) is 0 Å². The van der Waals surface area contributed by atoms with Gasteiger partial charge in [0.1, 0.15) is 0 Å². The Balaban J connectivity index is 1.53. The molecule has 0 atom stereocenters. The number of carbonyl (C=O) groups is 1. The second kappa shape index (κ2) is 7.68.